The summed E-state index contributed by atoms with van der Waals surface area (Å²) in [6.07, 6.45) is 1.54. The third-order valence-corrected chi connectivity index (χ3v) is 4.88. The zero-order chi connectivity index (χ0) is 18.1. The average Bonchev–Trinajstić information content (AvgIpc) is 2.95. The van der Waals surface area contributed by atoms with Crippen LogP contribution in [0.5, 0.6) is 11.5 Å². The number of benzene rings is 2. The smallest absolute Gasteiger partial charge is 0.201 e. The molecule has 0 amide bonds. The van der Waals surface area contributed by atoms with Crippen LogP contribution >= 0.6 is 11.3 Å². The highest BCUT2D eigenvalue weighted by atomic mass is 32.1. The third-order valence-electron chi connectivity index (χ3n) is 3.80. The predicted molar refractivity (Wildman–Crippen MR) is 90.7 cm³/mol. The SMILES string of the molecule is CCCCOc1cc2sc3cc(OCC)c(F)c(F)c3c2c(F)c1F. The fourth-order valence-corrected chi connectivity index (χ4v) is 3.76. The van der Waals surface area contributed by atoms with Gasteiger partial charge in [-0.05, 0) is 13.3 Å². The van der Waals surface area contributed by atoms with E-state index in [1.807, 2.05) is 6.92 Å². The molecule has 0 N–H and O–H groups in total. The fraction of sp³-hybridized carbons (Fsp3) is 0.333. The minimum atomic E-state index is -1.25. The first-order valence-corrected chi connectivity index (χ1v) is 8.79. The Morgan fingerprint density at radius 1 is 0.800 bits per heavy atom. The summed E-state index contributed by atoms with van der Waals surface area (Å²) in [5.41, 5.74) is 0. The van der Waals surface area contributed by atoms with Crippen LogP contribution in [0.25, 0.3) is 20.2 Å². The Morgan fingerprint density at radius 3 is 1.80 bits per heavy atom. The van der Waals surface area contributed by atoms with Crippen molar-refractivity contribution >= 4 is 31.5 Å². The molecular formula is C18H16F4O2S. The quantitative estimate of drug-likeness (QED) is 0.379. The van der Waals surface area contributed by atoms with Gasteiger partial charge < -0.3 is 9.47 Å². The van der Waals surface area contributed by atoms with Gasteiger partial charge in [0.05, 0.1) is 13.2 Å². The van der Waals surface area contributed by atoms with Crippen molar-refractivity contribution in [1.82, 2.24) is 0 Å². The normalized spacial score (nSPS) is 11.4. The van der Waals surface area contributed by atoms with Crippen LogP contribution in [0, 0.1) is 23.3 Å². The van der Waals surface area contributed by atoms with E-state index < -0.39 is 23.3 Å². The number of ether oxygens (including phenoxy) is 2. The number of fused-ring (bicyclic) bond motifs is 3. The molecule has 3 rings (SSSR count). The molecule has 0 spiro atoms. The molecule has 0 fully saturated rings. The van der Waals surface area contributed by atoms with Gasteiger partial charge in [-0.3, -0.25) is 0 Å². The number of rotatable bonds is 6. The molecule has 0 bridgehead atoms. The van der Waals surface area contributed by atoms with Crippen molar-refractivity contribution in [2.75, 3.05) is 13.2 Å². The van der Waals surface area contributed by atoms with Gasteiger partial charge in [-0.25, -0.2) is 8.78 Å². The molecule has 0 aliphatic carbocycles. The van der Waals surface area contributed by atoms with Crippen LogP contribution in [0.4, 0.5) is 17.6 Å². The third kappa shape index (κ3) is 3.01. The first kappa shape index (κ1) is 17.8. The summed E-state index contributed by atoms with van der Waals surface area (Å²) in [4.78, 5) is 0. The van der Waals surface area contributed by atoms with Gasteiger partial charge in [0.15, 0.2) is 23.1 Å². The molecule has 7 heteroatoms. The Morgan fingerprint density at radius 2 is 1.32 bits per heavy atom. The molecule has 25 heavy (non-hydrogen) atoms. The molecular weight excluding hydrogens is 356 g/mol. The molecule has 0 radical (unpaired) electrons. The van der Waals surface area contributed by atoms with Crippen LogP contribution in [0.2, 0.25) is 0 Å². The topological polar surface area (TPSA) is 18.5 Å². The summed E-state index contributed by atoms with van der Waals surface area (Å²) >= 11 is 1.03. The summed E-state index contributed by atoms with van der Waals surface area (Å²) in [6, 6.07) is 2.63. The van der Waals surface area contributed by atoms with Gasteiger partial charge in [-0.15, -0.1) is 11.3 Å². The molecule has 3 aromatic rings. The van der Waals surface area contributed by atoms with Crippen molar-refractivity contribution in [3.8, 4) is 11.5 Å². The first-order chi connectivity index (χ1) is 12.0. The molecule has 1 heterocycles. The number of thiophene rings is 1. The van der Waals surface area contributed by atoms with E-state index in [1.54, 1.807) is 6.92 Å². The number of hydrogen-bond acceptors (Lipinski definition) is 3. The minimum absolute atomic E-state index is 0.158. The van der Waals surface area contributed by atoms with E-state index in [-0.39, 0.29) is 44.9 Å². The Kier molecular flexibility index (Phi) is 5.03. The lowest BCUT2D eigenvalue weighted by molar-refractivity contribution is 0.290. The standard InChI is InChI=1S/C18H16F4O2S/c1-3-5-6-24-10-8-12-14(18(22)16(10)20)13-11(25-12)7-9(23-4-2)15(19)17(13)21/h7-8H,3-6H2,1-2H3. The zero-order valence-electron chi connectivity index (χ0n) is 13.7. The Bertz CT molecular complexity index is 936. The molecule has 2 aromatic carbocycles. The highest BCUT2D eigenvalue weighted by molar-refractivity contribution is 7.25. The van der Waals surface area contributed by atoms with Crippen molar-refractivity contribution < 1.29 is 27.0 Å². The van der Waals surface area contributed by atoms with E-state index in [4.69, 9.17) is 9.47 Å². The van der Waals surface area contributed by atoms with Gasteiger partial charge in [-0.2, -0.15) is 8.78 Å². The minimum Gasteiger partial charge on any atom is -0.491 e. The molecule has 1 aromatic heterocycles. The molecule has 0 unspecified atom stereocenters. The van der Waals surface area contributed by atoms with E-state index in [0.717, 1.165) is 17.8 Å². The van der Waals surface area contributed by atoms with E-state index in [2.05, 4.69) is 0 Å². The van der Waals surface area contributed by atoms with Gasteiger partial charge in [0.2, 0.25) is 11.6 Å². The van der Waals surface area contributed by atoms with Crippen molar-refractivity contribution in [3.63, 3.8) is 0 Å². The lowest BCUT2D eigenvalue weighted by Crippen LogP contribution is -2.00. The number of halogens is 4. The van der Waals surface area contributed by atoms with E-state index in [1.165, 1.54) is 12.1 Å². The molecule has 2 nitrogen and oxygen atoms in total. The second kappa shape index (κ2) is 7.07. The monoisotopic (exact) mass is 372 g/mol. The van der Waals surface area contributed by atoms with Crippen molar-refractivity contribution in [1.29, 1.82) is 0 Å². The highest BCUT2D eigenvalue weighted by Gasteiger charge is 2.24. The number of hydrogen-bond donors (Lipinski definition) is 0. The van der Waals surface area contributed by atoms with E-state index in [0.29, 0.717) is 6.42 Å². The van der Waals surface area contributed by atoms with Gasteiger partial charge in [-0.1, -0.05) is 13.3 Å². The van der Waals surface area contributed by atoms with Crippen LogP contribution in [0.3, 0.4) is 0 Å². The highest BCUT2D eigenvalue weighted by Crippen LogP contribution is 2.43. The van der Waals surface area contributed by atoms with E-state index in [9.17, 15) is 17.6 Å². The molecule has 0 aliphatic heterocycles. The maximum atomic E-state index is 14.5. The van der Waals surface area contributed by atoms with Gasteiger partial charge in [0, 0.05) is 32.3 Å². The van der Waals surface area contributed by atoms with Gasteiger partial charge >= 0.3 is 0 Å². The molecule has 134 valence electrons. The summed E-state index contributed by atoms with van der Waals surface area (Å²) in [5, 5.41) is -0.558. The average molecular weight is 372 g/mol. The van der Waals surface area contributed by atoms with Crippen molar-refractivity contribution in [3.05, 3.63) is 35.4 Å². The Balaban J connectivity index is 2.23. The van der Waals surface area contributed by atoms with Crippen molar-refractivity contribution in [2.24, 2.45) is 0 Å². The lowest BCUT2D eigenvalue weighted by Gasteiger charge is -2.08. The summed E-state index contributed by atoms with van der Waals surface area (Å²) in [6.45, 7) is 4.00. The van der Waals surface area contributed by atoms with Crippen LogP contribution in [0.15, 0.2) is 12.1 Å². The lowest BCUT2D eigenvalue weighted by atomic mass is 10.1. The maximum absolute atomic E-state index is 14.5. The molecule has 0 saturated heterocycles. The largest absolute Gasteiger partial charge is 0.491 e. The van der Waals surface area contributed by atoms with E-state index >= 15 is 0 Å². The van der Waals surface area contributed by atoms with Crippen LogP contribution in [-0.2, 0) is 0 Å². The Hall–Kier alpha value is -2.02. The summed E-state index contributed by atoms with van der Waals surface area (Å²) in [7, 11) is 0. The Labute approximate surface area is 146 Å². The maximum Gasteiger partial charge on any atom is 0.201 e. The predicted octanol–water partition coefficient (Wildman–Crippen LogP) is 6.19. The molecule has 0 saturated carbocycles. The first-order valence-electron chi connectivity index (χ1n) is 7.97. The summed E-state index contributed by atoms with van der Waals surface area (Å²) in [5.74, 6) is -5.37. The van der Waals surface area contributed by atoms with Crippen LogP contribution < -0.4 is 9.47 Å². The zero-order valence-corrected chi connectivity index (χ0v) is 14.5. The fourth-order valence-electron chi connectivity index (χ4n) is 2.60. The van der Waals surface area contributed by atoms with Crippen LogP contribution in [0.1, 0.15) is 26.7 Å². The molecule has 0 atom stereocenters. The van der Waals surface area contributed by atoms with Crippen molar-refractivity contribution in [2.45, 2.75) is 26.7 Å². The number of unbranched alkanes of at least 4 members (excludes halogenated alkanes) is 1. The van der Waals surface area contributed by atoms with Crippen LogP contribution in [-0.4, -0.2) is 13.2 Å². The van der Waals surface area contributed by atoms with Gasteiger partial charge in [0.25, 0.3) is 0 Å². The van der Waals surface area contributed by atoms with Gasteiger partial charge in [0.1, 0.15) is 0 Å². The summed E-state index contributed by atoms with van der Waals surface area (Å²) < 4.78 is 68.2. The second-order valence-electron chi connectivity index (χ2n) is 5.49. The second-order valence-corrected chi connectivity index (χ2v) is 6.57. The molecule has 0 aliphatic rings.